The zero-order valence-corrected chi connectivity index (χ0v) is 10.8. The average Bonchev–Trinajstić information content (AvgIpc) is 2.80. The predicted octanol–water partition coefficient (Wildman–Crippen LogP) is 2.95. The summed E-state index contributed by atoms with van der Waals surface area (Å²) in [5.74, 6) is 0. The molecule has 1 aliphatic rings. The van der Waals surface area contributed by atoms with E-state index in [1.165, 1.54) is 6.07 Å². The van der Waals surface area contributed by atoms with Gasteiger partial charge in [-0.05, 0) is 25.0 Å². The maximum atomic E-state index is 10.9. The highest BCUT2D eigenvalue weighted by Crippen LogP contribution is 2.28. The minimum atomic E-state index is -0.386. The topological polar surface area (TPSA) is 64.4 Å². The first-order chi connectivity index (χ1) is 8.16. The van der Waals surface area contributed by atoms with Crippen molar-refractivity contribution in [2.45, 2.75) is 18.9 Å². The minimum Gasteiger partial charge on any atom is -0.377 e. The highest BCUT2D eigenvalue weighted by atomic mass is 79.9. The molecule has 1 aliphatic heterocycles. The van der Waals surface area contributed by atoms with Crippen molar-refractivity contribution in [1.82, 2.24) is 0 Å². The quantitative estimate of drug-likeness (QED) is 0.686. The molecule has 1 N–H and O–H groups in total. The van der Waals surface area contributed by atoms with Crippen molar-refractivity contribution in [3.8, 4) is 0 Å². The second-order valence-corrected chi connectivity index (χ2v) is 4.85. The maximum absolute atomic E-state index is 10.9. The summed E-state index contributed by atoms with van der Waals surface area (Å²) in [4.78, 5) is 10.5. The van der Waals surface area contributed by atoms with Gasteiger partial charge in [0.15, 0.2) is 0 Å². The molecule has 0 aromatic heterocycles. The number of nitro groups is 1. The van der Waals surface area contributed by atoms with Gasteiger partial charge < -0.3 is 10.1 Å². The second-order valence-electron chi connectivity index (χ2n) is 3.93. The summed E-state index contributed by atoms with van der Waals surface area (Å²) in [5, 5.41) is 14.0. The van der Waals surface area contributed by atoms with Crippen LogP contribution >= 0.6 is 15.9 Å². The van der Waals surface area contributed by atoms with Crippen LogP contribution in [0, 0.1) is 10.1 Å². The fraction of sp³-hybridized carbons (Fsp3) is 0.455. The normalized spacial score (nSPS) is 19.2. The number of rotatable bonds is 4. The first kappa shape index (κ1) is 12.3. The summed E-state index contributed by atoms with van der Waals surface area (Å²) < 4.78 is 6.16. The number of hydrogen-bond acceptors (Lipinski definition) is 4. The molecule has 0 aliphatic carbocycles. The molecule has 1 atom stereocenters. The molecule has 17 heavy (non-hydrogen) atoms. The Hall–Kier alpha value is -1.14. The van der Waals surface area contributed by atoms with Crippen LogP contribution in [-0.4, -0.2) is 24.2 Å². The zero-order chi connectivity index (χ0) is 12.3. The number of nitrogens with one attached hydrogen (secondary N) is 1. The summed E-state index contributed by atoms with van der Waals surface area (Å²) >= 11 is 3.23. The Balaban J connectivity index is 2.06. The van der Waals surface area contributed by atoms with Crippen LogP contribution < -0.4 is 5.32 Å². The maximum Gasteiger partial charge on any atom is 0.293 e. The molecule has 92 valence electrons. The third-order valence-corrected chi connectivity index (χ3v) is 3.19. The van der Waals surface area contributed by atoms with Gasteiger partial charge in [0.1, 0.15) is 5.69 Å². The monoisotopic (exact) mass is 300 g/mol. The standard InChI is InChI=1S/C11H13BrN2O3/c12-8-3-4-10(11(6-8)14(15)16)13-7-9-2-1-5-17-9/h3-4,6,9,13H,1-2,5,7H2/t9-/m0/s1. The van der Waals surface area contributed by atoms with Crippen LogP contribution in [0.1, 0.15) is 12.8 Å². The molecule has 0 spiro atoms. The number of anilines is 1. The first-order valence-corrected chi connectivity index (χ1v) is 6.25. The zero-order valence-electron chi connectivity index (χ0n) is 9.19. The number of benzene rings is 1. The van der Waals surface area contributed by atoms with Crippen molar-refractivity contribution >= 4 is 27.3 Å². The highest BCUT2D eigenvalue weighted by molar-refractivity contribution is 9.10. The van der Waals surface area contributed by atoms with Gasteiger partial charge >= 0.3 is 0 Å². The van der Waals surface area contributed by atoms with Crippen LogP contribution in [0.5, 0.6) is 0 Å². The van der Waals surface area contributed by atoms with E-state index < -0.39 is 0 Å². The van der Waals surface area contributed by atoms with E-state index in [1.807, 2.05) is 0 Å². The molecule has 1 fully saturated rings. The Morgan fingerprint density at radius 2 is 2.41 bits per heavy atom. The van der Waals surface area contributed by atoms with Crippen molar-refractivity contribution in [2.24, 2.45) is 0 Å². The molecule has 1 aromatic carbocycles. The van der Waals surface area contributed by atoms with Crippen LogP contribution in [0.2, 0.25) is 0 Å². The molecule has 1 saturated heterocycles. The largest absolute Gasteiger partial charge is 0.377 e. The number of nitro benzene ring substituents is 1. The summed E-state index contributed by atoms with van der Waals surface area (Å²) in [6.07, 6.45) is 2.24. The Morgan fingerprint density at radius 3 is 3.06 bits per heavy atom. The van der Waals surface area contributed by atoms with Crippen LogP contribution in [0.3, 0.4) is 0 Å². The first-order valence-electron chi connectivity index (χ1n) is 5.46. The molecule has 2 rings (SSSR count). The average molecular weight is 301 g/mol. The van der Waals surface area contributed by atoms with Gasteiger partial charge in [-0.1, -0.05) is 15.9 Å². The van der Waals surface area contributed by atoms with E-state index in [0.29, 0.717) is 16.7 Å². The Kier molecular flexibility index (Phi) is 3.96. The van der Waals surface area contributed by atoms with Gasteiger partial charge in [0.25, 0.3) is 5.69 Å². The summed E-state index contributed by atoms with van der Waals surface area (Å²) in [5.41, 5.74) is 0.617. The molecular weight excluding hydrogens is 288 g/mol. The third kappa shape index (κ3) is 3.17. The van der Waals surface area contributed by atoms with E-state index in [2.05, 4.69) is 21.2 Å². The highest BCUT2D eigenvalue weighted by Gasteiger charge is 2.18. The van der Waals surface area contributed by atoms with E-state index >= 15 is 0 Å². The Morgan fingerprint density at radius 1 is 1.59 bits per heavy atom. The number of halogens is 1. The SMILES string of the molecule is O=[N+]([O-])c1cc(Br)ccc1NC[C@@H]1CCCO1. The molecule has 0 bridgehead atoms. The van der Waals surface area contributed by atoms with Crippen molar-refractivity contribution in [3.63, 3.8) is 0 Å². The van der Waals surface area contributed by atoms with E-state index in [9.17, 15) is 10.1 Å². The van der Waals surface area contributed by atoms with Crippen molar-refractivity contribution in [1.29, 1.82) is 0 Å². The molecule has 1 heterocycles. The van der Waals surface area contributed by atoms with Gasteiger partial charge in [-0.15, -0.1) is 0 Å². The molecule has 5 nitrogen and oxygen atoms in total. The lowest BCUT2D eigenvalue weighted by Gasteiger charge is -2.12. The van der Waals surface area contributed by atoms with Gasteiger partial charge in [0.05, 0.1) is 11.0 Å². The third-order valence-electron chi connectivity index (χ3n) is 2.70. The van der Waals surface area contributed by atoms with Crippen LogP contribution in [-0.2, 0) is 4.74 Å². The fourth-order valence-electron chi connectivity index (χ4n) is 1.83. The molecule has 6 heteroatoms. The lowest BCUT2D eigenvalue weighted by atomic mass is 10.2. The minimum absolute atomic E-state index is 0.0809. The predicted molar refractivity (Wildman–Crippen MR) is 68.3 cm³/mol. The summed E-state index contributed by atoms with van der Waals surface area (Å²) in [6, 6.07) is 4.99. The van der Waals surface area contributed by atoms with E-state index in [1.54, 1.807) is 12.1 Å². The summed E-state index contributed by atoms with van der Waals surface area (Å²) in [7, 11) is 0. The molecule has 0 unspecified atom stereocenters. The van der Waals surface area contributed by atoms with E-state index in [-0.39, 0.29) is 16.7 Å². The van der Waals surface area contributed by atoms with E-state index in [0.717, 1.165) is 19.4 Å². The van der Waals surface area contributed by atoms with Gasteiger partial charge in [0.2, 0.25) is 0 Å². The van der Waals surface area contributed by atoms with Crippen LogP contribution in [0.15, 0.2) is 22.7 Å². The molecule has 0 saturated carbocycles. The lowest BCUT2D eigenvalue weighted by Crippen LogP contribution is -2.18. The smallest absolute Gasteiger partial charge is 0.293 e. The van der Waals surface area contributed by atoms with Crippen LogP contribution in [0.4, 0.5) is 11.4 Å². The van der Waals surface area contributed by atoms with Gasteiger partial charge in [0, 0.05) is 23.7 Å². The molecular formula is C11H13BrN2O3. The second kappa shape index (κ2) is 5.46. The van der Waals surface area contributed by atoms with E-state index in [4.69, 9.17) is 4.74 Å². The number of hydrogen-bond donors (Lipinski definition) is 1. The van der Waals surface area contributed by atoms with Crippen molar-refractivity contribution in [3.05, 3.63) is 32.8 Å². The van der Waals surface area contributed by atoms with Gasteiger partial charge in [-0.25, -0.2) is 0 Å². The van der Waals surface area contributed by atoms with Gasteiger partial charge in [-0.3, -0.25) is 10.1 Å². The molecule has 1 aromatic rings. The molecule has 0 radical (unpaired) electrons. The van der Waals surface area contributed by atoms with Gasteiger partial charge in [-0.2, -0.15) is 0 Å². The van der Waals surface area contributed by atoms with Crippen molar-refractivity contribution < 1.29 is 9.66 Å². The molecule has 0 amide bonds. The summed E-state index contributed by atoms with van der Waals surface area (Å²) in [6.45, 7) is 1.40. The number of nitrogens with zero attached hydrogens (tertiary/aromatic N) is 1. The Labute approximate surface area is 107 Å². The van der Waals surface area contributed by atoms with Crippen molar-refractivity contribution in [2.75, 3.05) is 18.5 Å². The lowest BCUT2D eigenvalue weighted by molar-refractivity contribution is -0.384. The fourth-order valence-corrected chi connectivity index (χ4v) is 2.18. The Bertz CT molecular complexity index is 419. The van der Waals surface area contributed by atoms with Crippen LogP contribution in [0.25, 0.3) is 0 Å². The number of ether oxygens (including phenoxy) is 1.